The molecule has 0 heterocycles. The zero-order valence-electron chi connectivity index (χ0n) is 10.9. The third kappa shape index (κ3) is 4.74. The molecule has 0 rings (SSSR count). The standard InChI is InChI=1S/C11H24O4Si/c1-5-6-7-8-9-10-11(12)16(13-2,14-3)15-4/h5-10H2,1-4H3. The first kappa shape index (κ1) is 15.8. The van der Waals surface area contributed by atoms with E-state index in [9.17, 15) is 4.79 Å². The van der Waals surface area contributed by atoms with Gasteiger partial charge in [-0.05, 0) is 6.42 Å². The molecular formula is C11H24O4Si. The van der Waals surface area contributed by atoms with Gasteiger partial charge in [0.1, 0.15) is 0 Å². The van der Waals surface area contributed by atoms with Gasteiger partial charge in [-0.15, -0.1) is 0 Å². The largest absolute Gasteiger partial charge is 0.573 e. The van der Waals surface area contributed by atoms with Crippen LogP contribution in [0.2, 0.25) is 0 Å². The van der Waals surface area contributed by atoms with Gasteiger partial charge in [-0.2, -0.15) is 0 Å². The molecule has 0 aliphatic carbocycles. The molecule has 4 nitrogen and oxygen atoms in total. The summed E-state index contributed by atoms with van der Waals surface area (Å²) < 4.78 is 15.4. The molecule has 0 amide bonds. The quantitative estimate of drug-likeness (QED) is 0.440. The van der Waals surface area contributed by atoms with Gasteiger partial charge in [0.2, 0.25) is 5.41 Å². The molecule has 0 fully saturated rings. The van der Waals surface area contributed by atoms with E-state index in [-0.39, 0.29) is 5.41 Å². The molecule has 0 saturated carbocycles. The molecule has 96 valence electrons. The molecule has 0 bridgehead atoms. The third-order valence-electron chi connectivity index (χ3n) is 2.66. The minimum absolute atomic E-state index is 0.0171. The van der Waals surface area contributed by atoms with Crippen molar-refractivity contribution in [1.82, 2.24) is 0 Å². The molecule has 0 aromatic carbocycles. The Labute approximate surface area is 99.6 Å². The number of carbonyl (C=O) groups is 1. The first-order valence-corrected chi connectivity index (χ1v) is 7.58. The van der Waals surface area contributed by atoms with Crippen LogP contribution < -0.4 is 0 Å². The Morgan fingerprint density at radius 3 is 1.88 bits per heavy atom. The minimum Gasteiger partial charge on any atom is -0.372 e. The number of unbranched alkanes of at least 4 members (excludes halogenated alkanes) is 4. The van der Waals surface area contributed by atoms with Crippen LogP contribution in [0.15, 0.2) is 0 Å². The maximum Gasteiger partial charge on any atom is 0.573 e. The molecule has 0 radical (unpaired) electrons. The van der Waals surface area contributed by atoms with Crippen molar-refractivity contribution in [3.63, 3.8) is 0 Å². The Bertz CT molecular complexity index is 184. The number of carbonyl (C=O) groups excluding carboxylic acids is 1. The van der Waals surface area contributed by atoms with Crippen LogP contribution in [0.25, 0.3) is 0 Å². The fourth-order valence-corrected chi connectivity index (χ4v) is 3.30. The molecule has 0 N–H and O–H groups in total. The molecule has 0 spiro atoms. The van der Waals surface area contributed by atoms with Gasteiger partial charge in [0.05, 0.1) is 0 Å². The van der Waals surface area contributed by atoms with Crippen LogP contribution >= 0.6 is 0 Å². The van der Waals surface area contributed by atoms with Crippen molar-refractivity contribution in [2.24, 2.45) is 0 Å². The zero-order chi connectivity index (χ0) is 12.4. The molecule has 0 unspecified atom stereocenters. The lowest BCUT2D eigenvalue weighted by molar-refractivity contribution is -0.118. The fourth-order valence-electron chi connectivity index (χ4n) is 1.63. The van der Waals surface area contributed by atoms with Gasteiger partial charge in [-0.3, -0.25) is 4.79 Å². The van der Waals surface area contributed by atoms with E-state index in [1.165, 1.54) is 40.6 Å². The second-order valence-electron chi connectivity index (χ2n) is 3.76. The van der Waals surface area contributed by atoms with Crippen molar-refractivity contribution in [3.05, 3.63) is 0 Å². The Hall–Kier alpha value is -0.233. The van der Waals surface area contributed by atoms with Crippen LogP contribution in [-0.2, 0) is 18.1 Å². The second kappa shape index (κ2) is 8.87. The van der Waals surface area contributed by atoms with E-state index < -0.39 is 8.80 Å². The average Bonchev–Trinajstić information content (AvgIpc) is 2.32. The second-order valence-corrected chi connectivity index (χ2v) is 6.65. The fraction of sp³-hybridized carbons (Fsp3) is 0.909. The van der Waals surface area contributed by atoms with E-state index in [0.717, 1.165) is 12.8 Å². The number of hydrogen-bond acceptors (Lipinski definition) is 4. The molecule has 0 aromatic rings. The maximum absolute atomic E-state index is 11.9. The Balaban J connectivity index is 3.93. The molecule has 16 heavy (non-hydrogen) atoms. The normalized spacial score (nSPS) is 11.8. The van der Waals surface area contributed by atoms with Gasteiger partial charge in [0, 0.05) is 27.8 Å². The van der Waals surface area contributed by atoms with E-state index in [1.807, 2.05) is 0 Å². The van der Waals surface area contributed by atoms with Crippen molar-refractivity contribution in [1.29, 1.82) is 0 Å². The lowest BCUT2D eigenvalue weighted by Crippen LogP contribution is -2.51. The molecular weight excluding hydrogens is 224 g/mol. The summed E-state index contributed by atoms with van der Waals surface area (Å²) >= 11 is 0. The van der Waals surface area contributed by atoms with Crippen LogP contribution in [0.1, 0.15) is 45.4 Å². The summed E-state index contributed by atoms with van der Waals surface area (Å²) in [5.74, 6) is 0. The minimum atomic E-state index is -3.03. The summed E-state index contributed by atoms with van der Waals surface area (Å²) in [6.07, 6.45) is 6.10. The third-order valence-corrected chi connectivity index (χ3v) is 5.20. The van der Waals surface area contributed by atoms with Gasteiger partial charge in [-0.25, -0.2) is 0 Å². The van der Waals surface area contributed by atoms with Crippen molar-refractivity contribution < 1.29 is 18.1 Å². The Kier molecular flexibility index (Phi) is 8.74. The summed E-state index contributed by atoms with van der Waals surface area (Å²) in [6.45, 7) is 2.17. The molecule has 0 saturated heterocycles. The van der Waals surface area contributed by atoms with Crippen LogP contribution in [0, 0.1) is 0 Å². The summed E-state index contributed by atoms with van der Waals surface area (Å²) in [7, 11) is 1.37. The van der Waals surface area contributed by atoms with E-state index in [4.69, 9.17) is 13.3 Å². The summed E-state index contributed by atoms with van der Waals surface area (Å²) in [5, 5.41) is -0.0171. The monoisotopic (exact) mass is 248 g/mol. The number of rotatable bonds is 10. The van der Waals surface area contributed by atoms with E-state index >= 15 is 0 Å². The SMILES string of the molecule is CCCCCCCC(=O)[Si](OC)(OC)OC. The van der Waals surface area contributed by atoms with Crippen LogP contribution in [0.3, 0.4) is 0 Å². The lowest BCUT2D eigenvalue weighted by Gasteiger charge is -2.22. The predicted octanol–water partition coefficient (Wildman–Crippen LogP) is 2.33. The summed E-state index contributed by atoms with van der Waals surface area (Å²) in [4.78, 5) is 11.9. The first-order valence-electron chi connectivity index (χ1n) is 5.85. The molecule has 0 aromatic heterocycles. The lowest BCUT2D eigenvalue weighted by atomic mass is 10.1. The highest BCUT2D eigenvalue weighted by atomic mass is 28.4. The van der Waals surface area contributed by atoms with Crippen LogP contribution in [0.4, 0.5) is 0 Å². The zero-order valence-corrected chi connectivity index (χ0v) is 11.9. The Morgan fingerprint density at radius 1 is 0.938 bits per heavy atom. The highest BCUT2D eigenvalue weighted by Crippen LogP contribution is 2.13. The molecule has 0 aliphatic rings. The first-order chi connectivity index (χ1) is 7.66. The van der Waals surface area contributed by atoms with E-state index in [2.05, 4.69) is 6.92 Å². The van der Waals surface area contributed by atoms with Gasteiger partial charge >= 0.3 is 8.80 Å². The summed E-state index contributed by atoms with van der Waals surface area (Å²) in [6, 6.07) is 0. The van der Waals surface area contributed by atoms with Crippen molar-refractivity contribution in [2.45, 2.75) is 45.4 Å². The maximum atomic E-state index is 11.9. The van der Waals surface area contributed by atoms with Crippen molar-refractivity contribution in [2.75, 3.05) is 21.3 Å². The predicted molar refractivity (Wildman–Crippen MR) is 65.2 cm³/mol. The molecule has 0 atom stereocenters. The number of hydrogen-bond donors (Lipinski definition) is 0. The van der Waals surface area contributed by atoms with Crippen molar-refractivity contribution >= 4 is 14.2 Å². The van der Waals surface area contributed by atoms with Gasteiger partial charge in [0.15, 0.2) is 0 Å². The van der Waals surface area contributed by atoms with E-state index in [1.54, 1.807) is 0 Å². The van der Waals surface area contributed by atoms with Crippen LogP contribution in [0.5, 0.6) is 0 Å². The Morgan fingerprint density at radius 2 is 1.44 bits per heavy atom. The van der Waals surface area contributed by atoms with Gasteiger partial charge in [-0.1, -0.05) is 32.6 Å². The topological polar surface area (TPSA) is 44.8 Å². The summed E-state index contributed by atoms with van der Waals surface area (Å²) in [5.41, 5.74) is 0. The molecule has 0 aliphatic heterocycles. The average molecular weight is 248 g/mol. The van der Waals surface area contributed by atoms with Crippen molar-refractivity contribution in [3.8, 4) is 0 Å². The highest BCUT2D eigenvalue weighted by molar-refractivity contribution is 6.92. The smallest absolute Gasteiger partial charge is 0.372 e. The van der Waals surface area contributed by atoms with E-state index in [0.29, 0.717) is 6.42 Å². The van der Waals surface area contributed by atoms with Crippen LogP contribution in [-0.4, -0.2) is 35.5 Å². The van der Waals surface area contributed by atoms with Gasteiger partial charge < -0.3 is 13.3 Å². The highest BCUT2D eigenvalue weighted by Gasteiger charge is 2.46. The molecule has 5 heteroatoms. The van der Waals surface area contributed by atoms with Gasteiger partial charge in [0.25, 0.3) is 0 Å².